The molecule has 0 fully saturated rings. The average molecular weight is 412 g/mol. The van der Waals surface area contributed by atoms with E-state index in [2.05, 4.69) is 33.4 Å². The summed E-state index contributed by atoms with van der Waals surface area (Å²) in [5.74, 6) is -1.10. The van der Waals surface area contributed by atoms with Crippen molar-refractivity contribution in [2.75, 3.05) is 0 Å². The van der Waals surface area contributed by atoms with Gasteiger partial charge in [-0.15, -0.1) is 0 Å². The van der Waals surface area contributed by atoms with E-state index in [9.17, 15) is 14.0 Å². The van der Waals surface area contributed by atoms with E-state index in [1.54, 1.807) is 12.1 Å². The lowest BCUT2D eigenvalue weighted by Gasteiger charge is -2.10. The smallest absolute Gasteiger partial charge is 0.270 e. The fraction of sp³-hybridized carbons (Fsp3) is 0.125. The largest absolute Gasteiger partial charge is 0.273 e. The molecule has 2 aromatic carbocycles. The van der Waals surface area contributed by atoms with Crippen molar-refractivity contribution in [3.05, 3.63) is 68.5 Å². The zero-order valence-corrected chi connectivity index (χ0v) is 14.0. The second kappa shape index (κ2) is 7.35. The number of hydrogen-bond donors (Lipinski definition) is 2. The van der Waals surface area contributed by atoms with Crippen molar-refractivity contribution in [2.45, 2.75) is 13.3 Å². The van der Waals surface area contributed by atoms with Crippen LogP contribution in [0.2, 0.25) is 0 Å². The van der Waals surface area contributed by atoms with E-state index in [0.717, 1.165) is 9.13 Å². The maximum Gasteiger partial charge on any atom is 0.270 e. The number of aryl methyl sites for hydroxylation is 1. The molecule has 0 saturated carbocycles. The van der Waals surface area contributed by atoms with E-state index in [-0.39, 0.29) is 24.1 Å². The Morgan fingerprint density at radius 3 is 2.45 bits per heavy atom. The fourth-order valence-electron chi connectivity index (χ4n) is 1.85. The van der Waals surface area contributed by atoms with Gasteiger partial charge in [0, 0.05) is 3.57 Å². The monoisotopic (exact) mass is 412 g/mol. The summed E-state index contributed by atoms with van der Waals surface area (Å²) in [4.78, 5) is 23.8. The molecule has 2 N–H and O–H groups in total. The molecule has 2 amide bonds. The summed E-state index contributed by atoms with van der Waals surface area (Å²) in [5.41, 5.74) is 6.90. The molecular formula is C16H14FIN2O2. The second-order valence-corrected chi connectivity index (χ2v) is 5.82. The molecule has 0 radical (unpaired) electrons. The summed E-state index contributed by atoms with van der Waals surface area (Å²) in [6, 6.07) is 11.0. The van der Waals surface area contributed by atoms with Gasteiger partial charge in [-0.2, -0.15) is 0 Å². The Kier molecular flexibility index (Phi) is 5.48. The van der Waals surface area contributed by atoms with Crippen molar-refractivity contribution in [3.63, 3.8) is 0 Å². The highest BCUT2D eigenvalue weighted by Gasteiger charge is 2.12. The van der Waals surface area contributed by atoms with Crippen molar-refractivity contribution < 1.29 is 14.0 Å². The fourth-order valence-corrected chi connectivity index (χ4v) is 2.45. The zero-order chi connectivity index (χ0) is 16.1. The normalized spacial score (nSPS) is 10.1. The van der Waals surface area contributed by atoms with Gasteiger partial charge in [-0.1, -0.05) is 24.3 Å². The van der Waals surface area contributed by atoms with Crippen molar-refractivity contribution in [1.29, 1.82) is 0 Å². The van der Waals surface area contributed by atoms with Crippen LogP contribution in [0.1, 0.15) is 21.5 Å². The van der Waals surface area contributed by atoms with Crippen LogP contribution in [0.3, 0.4) is 0 Å². The van der Waals surface area contributed by atoms with E-state index >= 15 is 0 Å². The molecule has 114 valence electrons. The maximum absolute atomic E-state index is 12.8. The molecule has 0 aliphatic carbocycles. The van der Waals surface area contributed by atoms with E-state index in [1.165, 1.54) is 24.3 Å². The molecule has 0 heterocycles. The molecule has 2 rings (SSSR count). The Balaban J connectivity index is 1.92. The number of carbonyl (C=O) groups excluding carboxylic acids is 2. The Hall–Kier alpha value is -1.96. The van der Waals surface area contributed by atoms with Crippen LogP contribution in [-0.4, -0.2) is 11.8 Å². The Morgan fingerprint density at radius 1 is 1.09 bits per heavy atom. The van der Waals surface area contributed by atoms with Crippen LogP contribution in [-0.2, 0) is 11.2 Å². The first kappa shape index (κ1) is 16.4. The van der Waals surface area contributed by atoms with Crippen molar-refractivity contribution in [2.24, 2.45) is 0 Å². The topological polar surface area (TPSA) is 58.2 Å². The van der Waals surface area contributed by atoms with E-state index in [0.29, 0.717) is 11.1 Å². The summed E-state index contributed by atoms with van der Waals surface area (Å²) >= 11 is 2.09. The van der Waals surface area contributed by atoms with E-state index < -0.39 is 0 Å². The van der Waals surface area contributed by atoms with Crippen molar-refractivity contribution in [3.8, 4) is 0 Å². The van der Waals surface area contributed by atoms with Crippen molar-refractivity contribution in [1.82, 2.24) is 10.9 Å². The minimum Gasteiger partial charge on any atom is -0.273 e. The highest BCUT2D eigenvalue weighted by atomic mass is 127. The summed E-state index contributed by atoms with van der Waals surface area (Å²) < 4.78 is 13.6. The highest BCUT2D eigenvalue weighted by molar-refractivity contribution is 14.1. The van der Waals surface area contributed by atoms with Gasteiger partial charge in [-0.05, 0) is 58.8 Å². The number of amides is 2. The number of hydrazine groups is 1. The van der Waals surface area contributed by atoms with Crippen LogP contribution >= 0.6 is 22.6 Å². The molecule has 0 aliphatic heterocycles. The third kappa shape index (κ3) is 4.27. The number of hydrogen-bond acceptors (Lipinski definition) is 2. The first-order valence-electron chi connectivity index (χ1n) is 6.56. The molecular weight excluding hydrogens is 398 g/mol. The van der Waals surface area contributed by atoms with Gasteiger partial charge < -0.3 is 0 Å². The first-order valence-corrected chi connectivity index (χ1v) is 7.64. The van der Waals surface area contributed by atoms with Crippen LogP contribution in [0, 0.1) is 16.3 Å². The predicted molar refractivity (Wildman–Crippen MR) is 89.6 cm³/mol. The highest BCUT2D eigenvalue weighted by Crippen LogP contribution is 2.16. The van der Waals surface area contributed by atoms with Crippen LogP contribution in [0.15, 0.2) is 42.5 Å². The molecule has 0 spiro atoms. The lowest BCUT2D eigenvalue weighted by molar-refractivity contribution is -0.121. The second-order valence-electron chi connectivity index (χ2n) is 4.74. The molecule has 0 bridgehead atoms. The van der Waals surface area contributed by atoms with Gasteiger partial charge in [-0.3, -0.25) is 20.4 Å². The van der Waals surface area contributed by atoms with Crippen LogP contribution < -0.4 is 10.9 Å². The first-order chi connectivity index (χ1) is 10.5. The lowest BCUT2D eigenvalue weighted by Crippen LogP contribution is -2.42. The number of halogens is 2. The molecule has 0 aliphatic rings. The minimum absolute atomic E-state index is 0.0610. The standard InChI is InChI=1S/C16H14FIN2O2/c1-10-3-2-4-13(15(10)18)16(22)20-19-14(21)9-11-5-7-12(17)8-6-11/h2-8H,9H2,1H3,(H,19,21)(H,20,22). The van der Waals surface area contributed by atoms with Gasteiger partial charge in [0.25, 0.3) is 5.91 Å². The number of rotatable bonds is 3. The summed E-state index contributed by atoms with van der Waals surface area (Å²) in [7, 11) is 0. The lowest BCUT2D eigenvalue weighted by atomic mass is 10.1. The van der Waals surface area contributed by atoms with Crippen LogP contribution in [0.4, 0.5) is 4.39 Å². The molecule has 2 aromatic rings. The third-order valence-corrected chi connectivity index (χ3v) is 4.46. The third-order valence-electron chi connectivity index (χ3n) is 3.03. The molecule has 0 unspecified atom stereocenters. The van der Waals surface area contributed by atoms with E-state index in [4.69, 9.17) is 0 Å². The summed E-state index contributed by atoms with van der Waals surface area (Å²) in [5, 5.41) is 0. The minimum atomic E-state index is -0.374. The number of carbonyl (C=O) groups is 2. The van der Waals surface area contributed by atoms with Gasteiger partial charge >= 0.3 is 0 Å². The van der Waals surface area contributed by atoms with Gasteiger partial charge in [0.15, 0.2) is 0 Å². The molecule has 0 atom stereocenters. The van der Waals surface area contributed by atoms with E-state index in [1.807, 2.05) is 13.0 Å². The number of benzene rings is 2. The zero-order valence-electron chi connectivity index (χ0n) is 11.8. The Morgan fingerprint density at radius 2 is 1.77 bits per heavy atom. The molecule has 0 saturated heterocycles. The van der Waals surface area contributed by atoms with Gasteiger partial charge in [0.1, 0.15) is 5.82 Å². The van der Waals surface area contributed by atoms with Gasteiger partial charge in [-0.25, -0.2) is 4.39 Å². The average Bonchev–Trinajstić information content (AvgIpc) is 2.50. The van der Waals surface area contributed by atoms with Crippen LogP contribution in [0.25, 0.3) is 0 Å². The quantitative estimate of drug-likeness (QED) is 0.602. The van der Waals surface area contributed by atoms with Crippen LogP contribution in [0.5, 0.6) is 0 Å². The SMILES string of the molecule is Cc1cccc(C(=O)NNC(=O)Cc2ccc(F)cc2)c1I. The summed E-state index contributed by atoms with van der Waals surface area (Å²) in [6.45, 7) is 1.91. The Bertz CT molecular complexity index is 702. The number of nitrogens with one attached hydrogen (secondary N) is 2. The van der Waals surface area contributed by atoms with Crippen molar-refractivity contribution >= 4 is 34.4 Å². The van der Waals surface area contributed by atoms with Gasteiger partial charge in [0.05, 0.1) is 12.0 Å². The molecule has 6 heteroatoms. The molecule has 0 aromatic heterocycles. The molecule has 4 nitrogen and oxygen atoms in total. The predicted octanol–water partition coefficient (Wildman–Crippen LogP) is 2.74. The Labute approximate surface area is 141 Å². The van der Waals surface area contributed by atoms with Gasteiger partial charge in [0.2, 0.25) is 5.91 Å². The molecule has 22 heavy (non-hydrogen) atoms. The maximum atomic E-state index is 12.8. The summed E-state index contributed by atoms with van der Waals surface area (Å²) in [6.07, 6.45) is 0.0610.